The minimum absolute atomic E-state index is 0.209. The topological polar surface area (TPSA) is 182 Å². The van der Waals surface area contributed by atoms with Crippen molar-refractivity contribution in [1.29, 1.82) is 0 Å². The second-order valence-corrected chi connectivity index (χ2v) is 6.77. The van der Waals surface area contributed by atoms with Gasteiger partial charge in [-0.05, 0) is 33.6 Å². The van der Waals surface area contributed by atoms with Crippen LogP contribution in [0.4, 0.5) is 0 Å². The fourth-order valence-electron chi connectivity index (χ4n) is 2.79. The van der Waals surface area contributed by atoms with Crippen LogP contribution in [0.1, 0.15) is 33.6 Å². The van der Waals surface area contributed by atoms with Gasteiger partial charge in [-0.2, -0.15) is 0 Å². The highest BCUT2D eigenvalue weighted by molar-refractivity contribution is 5.94. The zero-order chi connectivity index (χ0) is 20.9. The van der Waals surface area contributed by atoms with Crippen molar-refractivity contribution in [2.45, 2.75) is 70.0 Å². The summed E-state index contributed by atoms with van der Waals surface area (Å²) in [7, 11) is 0. The molecule has 3 amide bonds. The summed E-state index contributed by atoms with van der Waals surface area (Å²) in [4.78, 5) is 49.4. The molecule has 1 rings (SSSR count). The van der Waals surface area contributed by atoms with Gasteiger partial charge in [-0.25, -0.2) is 4.79 Å². The van der Waals surface area contributed by atoms with Crippen LogP contribution in [0.2, 0.25) is 0 Å². The number of carbonyl (C=O) groups is 4. The molecule has 0 bridgehead atoms. The molecule has 1 aliphatic heterocycles. The molecule has 6 atom stereocenters. The second-order valence-electron chi connectivity index (χ2n) is 6.77. The van der Waals surface area contributed by atoms with Crippen LogP contribution in [-0.4, -0.2) is 86.8 Å². The number of nitrogens with one attached hydrogen (secondary N) is 2. The Morgan fingerprint density at radius 1 is 1.04 bits per heavy atom. The van der Waals surface area contributed by atoms with Crippen molar-refractivity contribution < 1.29 is 34.5 Å². The van der Waals surface area contributed by atoms with Crippen molar-refractivity contribution in [3.8, 4) is 0 Å². The standard InChI is InChI=1S/C16H28N4O7/c1-7(17)13(23)18-11(8(2)21)15(25)20-6-4-5-10(20)14(24)19-12(9(3)22)16(26)27/h7-12,21-22H,4-6,17H2,1-3H3,(H,18,23)(H,19,24)(H,26,27). The lowest BCUT2D eigenvalue weighted by atomic mass is 10.1. The van der Waals surface area contributed by atoms with Gasteiger partial charge in [0.1, 0.15) is 12.1 Å². The number of hydrogen-bond acceptors (Lipinski definition) is 7. The Balaban J connectivity index is 2.93. The molecule has 0 spiro atoms. The largest absolute Gasteiger partial charge is 0.480 e. The molecule has 1 heterocycles. The van der Waals surface area contributed by atoms with Crippen LogP contribution in [0.3, 0.4) is 0 Å². The number of aliphatic carboxylic acids is 1. The van der Waals surface area contributed by atoms with Crippen LogP contribution >= 0.6 is 0 Å². The van der Waals surface area contributed by atoms with Gasteiger partial charge < -0.3 is 36.6 Å². The number of carbonyl (C=O) groups excluding carboxylic acids is 3. The number of rotatable bonds is 8. The van der Waals surface area contributed by atoms with Gasteiger partial charge in [-0.15, -0.1) is 0 Å². The number of nitrogens with two attached hydrogens (primary N) is 1. The third kappa shape index (κ3) is 5.88. The molecule has 0 saturated carbocycles. The molecule has 0 aliphatic carbocycles. The van der Waals surface area contributed by atoms with Crippen molar-refractivity contribution in [3.05, 3.63) is 0 Å². The highest BCUT2D eigenvalue weighted by Gasteiger charge is 2.40. The Hall–Kier alpha value is -2.24. The van der Waals surface area contributed by atoms with Crippen LogP contribution in [0, 0.1) is 0 Å². The van der Waals surface area contributed by atoms with E-state index in [1.54, 1.807) is 0 Å². The lowest BCUT2D eigenvalue weighted by molar-refractivity contribution is -0.147. The third-order valence-electron chi connectivity index (χ3n) is 4.34. The van der Waals surface area contributed by atoms with E-state index in [1.165, 1.54) is 25.7 Å². The Kier molecular flexibility index (Phi) is 8.13. The molecule has 0 radical (unpaired) electrons. The van der Waals surface area contributed by atoms with E-state index in [0.717, 1.165) is 0 Å². The van der Waals surface area contributed by atoms with Crippen molar-refractivity contribution in [2.75, 3.05) is 6.54 Å². The Morgan fingerprint density at radius 2 is 1.59 bits per heavy atom. The van der Waals surface area contributed by atoms with Crippen LogP contribution in [0.5, 0.6) is 0 Å². The molecular formula is C16H28N4O7. The van der Waals surface area contributed by atoms with E-state index in [-0.39, 0.29) is 13.0 Å². The van der Waals surface area contributed by atoms with Crippen LogP contribution in [0.25, 0.3) is 0 Å². The lowest BCUT2D eigenvalue weighted by Gasteiger charge is -2.31. The maximum Gasteiger partial charge on any atom is 0.328 e. The van der Waals surface area contributed by atoms with E-state index < -0.39 is 60.1 Å². The first-order valence-corrected chi connectivity index (χ1v) is 8.73. The van der Waals surface area contributed by atoms with Gasteiger partial charge in [0, 0.05) is 6.54 Å². The summed E-state index contributed by atoms with van der Waals surface area (Å²) in [6, 6.07) is -4.66. The zero-order valence-electron chi connectivity index (χ0n) is 15.6. The summed E-state index contributed by atoms with van der Waals surface area (Å²) in [5, 5.41) is 33.0. The Labute approximate surface area is 156 Å². The molecule has 7 N–H and O–H groups in total. The van der Waals surface area contributed by atoms with Gasteiger partial charge in [0.2, 0.25) is 17.7 Å². The Bertz CT molecular complexity index is 579. The SMILES string of the molecule is CC(N)C(=O)NC(C(=O)N1CCCC1C(=O)NC(C(=O)O)C(C)O)C(C)O. The average molecular weight is 388 g/mol. The first-order chi connectivity index (χ1) is 12.5. The fourth-order valence-corrected chi connectivity index (χ4v) is 2.79. The molecule has 0 aromatic heterocycles. The fraction of sp³-hybridized carbons (Fsp3) is 0.750. The summed E-state index contributed by atoms with van der Waals surface area (Å²) in [6.45, 7) is 4.18. The first-order valence-electron chi connectivity index (χ1n) is 8.73. The molecule has 154 valence electrons. The van der Waals surface area contributed by atoms with E-state index in [9.17, 15) is 29.4 Å². The number of carboxylic acid groups (broad SMARTS) is 1. The van der Waals surface area contributed by atoms with Gasteiger partial charge in [0.25, 0.3) is 0 Å². The molecule has 6 unspecified atom stereocenters. The number of amides is 3. The maximum absolute atomic E-state index is 12.8. The number of carboxylic acids is 1. The van der Waals surface area contributed by atoms with Crippen molar-refractivity contribution in [2.24, 2.45) is 5.73 Å². The highest BCUT2D eigenvalue weighted by atomic mass is 16.4. The molecule has 11 nitrogen and oxygen atoms in total. The number of likely N-dealkylation sites (tertiary alicyclic amines) is 1. The van der Waals surface area contributed by atoms with Gasteiger partial charge in [-0.3, -0.25) is 14.4 Å². The van der Waals surface area contributed by atoms with E-state index >= 15 is 0 Å². The quantitative estimate of drug-likeness (QED) is 0.256. The van der Waals surface area contributed by atoms with Crippen LogP contribution in [-0.2, 0) is 19.2 Å². The number of nitrogens with zero attached hydrogens (tertiary/aromatic N) is 1. The van der Waals surface area contributed by atoms with Crippen molar-refractivity contribution in [1.82, 2.24) is 15.5 Å². The third-order valence-corrected chi connectivity index (χ3v) is 4.34. The van der Waals surface area contributed by atoms with E-state index in [4.69, 9.17) is 10.8 Å². The molecule has 0 aromatic carbocycles. The monoisotopic (exact) mass is 388 g/mol. The summed E-state index contributed by atoms with van der Waals surface area (Å²) in [5.74, 6) is -3.42. The minimum atomic E-state index is -1.51. The van der Waals surface area contributed by atoms with E-state index in [1.807, 2.05) is 0 Å². The molecule has 1 fully saturated rings. The summed E-state index contributed by atoms with van der Waals surface area (Å²) in [6.07, 6.45) is -1.78. The molecule has 11 heteroatoms. The average Bonchev–Trinajstić information content (AvgIpc) is 3.05. The maximum atomic E-state index is 12.8. The smallest absolute Gasteiger partial charge is 0.328 e. The lowest BCUT2D eigenvalue weighted by Crippen LogP contribution is -2.60. The highest BCUT2D eigenvalue weighted by Crippen LogP contribution is 2.20. The van der Waals surface area contributed by atoms with Crippen LogP contribution in [0.15, 0.2) is 0 Å². The first kappa shape index (κ1) is 22.8. The van der Waals surface area contributed by atoms with Crippen molar-refractivity contribution >= 4 is 23.7 Å². The second kappa shape index (κ2) is 9.62. The van der Waals surface area contributed by atoms with E-state index in [0.29, 0.717) is 6.42 Å². The molecule has 27 heavy (non-hydrogen) atoms. The normalized spacial score (nSPS) is 22.3. The molecule has 1 saturated heterocycles. The number of aliphatic hydroxyl groups is 2. The molecular weight excluding hydrogens is 360 g/mol. The van der Waals surface area contributed by atoms with Gasteiger partial charge >= 0.3 is 5.97 Å². The summed E-state index contributed by atoms with van der Waals surface area (Å²) < 4.78 is 0. The van der Waals surface area contributed by atoms with Crippen molar-refractivity contribution in [3.63, 3.8) is 0 Å². The molecule has 0 aromatic rings. The summed E-state index contributed by atoms with van der Waals surface area (Å²) in [5.41, 5.74) is 5.46. The minimum Gasteiger partial charge on any atom is -0.480 e. The predicted molar refractivity (Wildman–Crippen MR) is 93.2 cm³/mol. The number of hydrogen-bond donors (Lipinski definition) is 6. The van der Waals surface area contributed by atoms with Gasteiger partial charge in [0.15, 0.2) is 6.04 Å². The van der Waals surface area contributed by atoms with Gasteiger partial charge in [0.05, 0.1) is 18.2 Å². The zero-order valence-corrected chi connectivity index (χ0v) is 15.6. The molecule has 1 aliphatic rings. The summed E-state index contributed by atoms with van der Waals surface area (Å²) >= 11 is 0. The van der Waals surface area contributed by atoms with Crippen LogP contribution < -0.4 is 16.4 Å². The Morgan fingerprint density at radius 3 is 2.04 bits per heavy atom. The van der Waals surface area contributed by atoms with Gasteiger partial charge in [-0.1, -0.05) is 0 Å². The van der Waals surface area contributed by atoms with E-state index in [2.05, 4.69) is 10.6 Å². The predicted octanol–water partition coefficient (Wildman–Crippen LogP) is -2.86. The number of aliphatic hydroxyl groups excluding tert-OH is 2.